The fraction of sp³-hybridized carbons (Fsp3) is 0.923. The van der Waals surface area contributed by atoms with E-state index in [1.165, 1.54) is 263 Å². The van der Waals surface area contributed by atoms with E-state index in [-0.39, 0.29) is 19.1 Å². The van der Waals surface area contributed by atoms with Gasteiger partial charge in [0.15, 0.2) is 0 Å². The van der Waals surface area contributed by atoms with Crippen molar-refractivity contribution in [1.82, 2.24) is 5.32 Å². The molecule has 3 unspecified atom stereocenters. The zero-order valence-corrected chi connectivity index (χ0v) is 51.2. The molecular weight excluding hydrogens is 936 g/mol. The minimum atomic E-state index is -4.58. The first-order valence-electron chi connectivity index (χ1n) is 32.7. The van der Waals surface area contributed by atoms with Gasteiger partial charge < -0.3 is 28.8 Å². The molecule has 440 valence electrons. The van der Waals surface area contributed by atoms with E-state index in [1.807, 2.05) is 21.1 Å². The van der Waals surface area contributed by atoms with Crippen LogP contribution in [0.15, 0.2) is 24.3 Å². The van der Waals surface area contributed by atoms with Crippen LogP contribution in [-0.2, 0) is 18.4 Å². The maximum atomic E-state index is 13.0. The molecule has 0 aromatic carbocycles. The SMILES string of the molecule is CCCCC/C=C\C/C=C\CCCCCCCCCCCC(=O)NC(COP(=O)([O-])OCC[N+](C)(C)C)C(O)CCCCCCCCCCCCCCCCCCCCCCCCCCCCCCCCCCC. The summed E-state index contributed by atoms with van der Waals surface area (Å²) >= 11 is 0. The molecule has 74 heavy (non-hydrogen) atoms. The summed E-state index contributed by atoms with van der Waals surface area (Å²) in [6, 6.07) is -0.803. The van der Waals surface area contributed by atoms with E-state index >= 15 is 0 Å². The summed E-state index contributed by atoms with van der Waals surface area (Å²) in [4.78, 5) is 25.6. The summed E-state index contributed by atoms with van der Waals surface area (Å²) in [7, 11) is 1.31. The molecule has 0 aromatic rings. The third-order valence-corrected chi connectivity index (χ3v) is 16.2. The van der Waals surface area contributed by atoms with Crippen molar-refractivity contribution in [2.45, 2.75) is 347 Å². The highest BCUT2D eigenvalue weighted by atomic mass is 31.2. The zero-order chi connectivity index (χ0) is 54.2. The third-order valence-electron chi connectivity index (χ3n) is 15.2. The molecule has 1 amide bonds. The number of allylic oxidation sites excluding steroid dienone is 4. The molecule has 0 spiro atoms. The molecule has 8 nitrogen and oxygen atoms in total. The van der Waals surface area contributed by atoms with Gasteiger partial charge in [0.2, 0.25) is 5.91 Å². The minimum Gasteiger partial charge on any atom is -0.756 e. The maximum Gasteiger partial charge on any atom is 0.268 e. The van der Waals surface area contributed by atoms with Crippen molar-refractivity contribution in [3.63, 3.8) is 0 Å². The van der Waals surface area contributed by atoms with E-state index in [9.17, 15) is 19.4 Å². The molecule has 0 rings (SSSR count). The molecule has 0 saturated carbocycles. The summed E-state index contributed by atoms with van der Waals surface area (Å²) < 4.78 is 23.5. The van der Waals surface area contributed by atoms with E-state index in [1.54, 1.807) is 0 Å². The van der Waals surface area contributed by atoms with Crippen LogP contribution in [0.3, 0.4) is 0 Å². The van der Waals surface area contributed by atoms with Crippen LogP contribution in [0.5, 0.6) is 0 Å². The van der Waals surface area contributed by atoms with Crippen LogP contribution < -0.4 is 10.2 Å². The number of hydrogen-bond acceptors (Lipinski definition) is 6. The summed E-state index contributed by atoms with van der Waals surface area (Å²) in [6.07, 6.45) is 72.4. The van der Waals surface area contributed by atoms with Crippen molar-refractivity contribution < 1.29 is 32.9 Å². The second-order valence-corrected chi connectivity index (χ2v) is 25.2. The van der Waals surface area contributed by atoms with E-state index in [0.29, 0.717) is 23.9 Å². The first-order valence-corrected chi connectivity index (χ1v) is 34.1. The Labute approximate surface area is 462 Å². The second-order valence-electron chi connectivity index (χ2n) is 23.8. The van der Waals surface area contributed by atoms with Gasteiger partial charge >= 0.3 is 0 Å². The number of unbranched alkanes of at least 4 members (excludes halogenated alkanes) is 44. The number of amides is 1. The van der Waals surface area contributed by atoms with Crippen molar-refractivity contribution in [2.75, 3.05) is 40.9 Å². The van der Waals surface area contributed by atoms with Gasteiger partial charge in [-0.1, -0.05) is 308 Å². The Morgan fingerprint density at radius 2 is 0.784 bits per heavy atom. The first kappa shape index (κ1) is 73.0. The van der Waals surface area contributed by atoms with Crippen LogP contribution in [0, 0.1) is 0 Å². The third kappa shape index (κ3) is 58.7. The standard InChI is InChI=1S/C65H129N2O6P/c1-6-8-10-12-14-16-18-20-22-24-26-27-28-29-30-31-32-33-34-35-36-37-38-39-41-42-44-46-48-50-52-54-56-58-64(68)63(62-73-74(70,71)72-61-60-67(3,4)5)66-65(69)59-57-55-53-51-49-47-45-43-40-25-23-21-19-17-15-13-11-9-7-2/h15,17,21,23,63-64,68H,6-14,16,18-20,22,24-62H2,1-5H3,(H-,66,69,70,71)/b17-15-,23-21-. The normalized spacial score (nSPS) is 13.9. The lowest BCUT2D eigenvalue weighted by atomic mass is 10.0. The minimum absolute atomic E-state index is 0.0126. The molecule has 0 aliphatic heterocycles. The van der Waals surface area contributed by atoms with Gasteiger partial charge in [-0.25, -0.2) is 0 Å². The number of carbonyl (C=O) groups is 1. The number of rotatable bonds is 61. The van der Waals surface area contributed by atoms with Crippen LogP contribution in [0.1, 0.15) is 335 Å². The molecule has 0 fully saturated rings. The number of phosphoric acid groups is 1. The van der Waals surface area contributed by atoms with Crippen molar-refractivity contribution in [3.05, 3.63) is 24.3 Å². The lowest BCUT2D eigenvalue weighted by molar-refractivity contribution is -0.870. The van der Waals surface area contributed by atoms with Crippen LogP contribution in [0.25, 0.3) is 0 Å². The average molecular weight is 1070 g/mol. The molecule has 0 aliphatic carbocycles. The van der Waals surface area contributed by atoms with E-state index in [0.717, 1.165) is 44.9 Å². The predicted molar refractivity (Wildman–Crippen MR) is 321 cm³/mol. The smallest absolute Gasteiger partial charge is 0.268 e. The van der Waals surface area contributed by atoms with Crippen LogP contribution in [-0.4, -0.2) is 68.5 Å². The van der Waals surface area contributed by atoms with Crippen molar-refractivity contribution in [2.24, 2.45) is 0 Å². The molecular formula is C65H129N2O6P. The zero-order valence-electron chi connectivity index (χ0n) is 50.3. The highest BCUT2D eigenvalue weighted by Gasteiger charge is 2.24. The molecule has 0 aromatic heterocycles. The van der Waals surface area contributed by atoms with Crippen molar-refractivity contribution in [1.29, 1.82) is 0 Å². The Bertz CT molecular complexity index is 1260. The number of nitrogens with zero attached hydrogens (tertiary/aromatic N) is 1. The van der Waals surface area contributed by atoms with Gasteiger partial charge in [0.25, 0.3) is 7.82 Å². The fourth-order valence-corrected chi connectivity index (χ4v) is 10.8. The Hall–Kier alpha value is -1.02. The van der Waals surface area contributed by atoms with Gasteiger partial charge in [-0.15, -0.1) is 0 Å². The monoisotopic (exact) mass is 1060 g/mol. The summed E-state index contributed by atoms with van der Waals surface area (Å²) in [5.41, 5.74) is 0. The summed E-state index contributed by atoms with van der Waals surface area (Å²) in [5.74, 6) is -0.164. The lowest BCUT2D eigenvalue weighted by Crippen LogP contribution is -2.46. The fourth-order valence-electron chi connectivity index (χ4n) is 10.1. The highest BCUT2D eigenvalue weighted by Crippen LogP contribution is 2.38. The summed E-state index contributed by atoms with van der Waals surface area (Å²) in [6.45, 7) is 4.74. The number of quaternary nitrogens is 1. The van der Waals surface area contributed by atoms with Gasteiger partial charge in [0.05, 0.1) is 39.9 Å². The first-order chi connectivity index (χ1) is 36.0. The Balaban J connectivity index is 4.00. The predicted octanol–water partition coefficient (Wildman–Crippen LogP) is 19.7. The number of hydrogen-bond donors (Lipinski definition) is 2. The van der Waals surface area contributed by atoms with Gasteiger partial charge in [0, 0.05) is 6.42 Å². The molecule has 3 atom stereocenters. The number of likely N-dealkylation sites (N-methyl/N-ethyl adjacent to an activating group) is 1. The van der Waals surface area contributed by atoms with Crippen LogP contribution in [0.2, 0.25) is 0 Å². The topological polar surface area (TPSA) is 108 Å². The van der Waals surface area contributed by atoms with Gasteiger partial charge in [-0.3, -0.25) is 9.36 Å². The van der Waals surface area contributed by atoms with Gasteiger partial charge in [-0.2, -0.15) is 0 Å². The number of nitrogens with one attached hydrogen (secondary N) is 1. The Morgan fingerprint density at radius 3 is 1.15 bits per heavy atom. The molecule has 0 bridgehead atoms. The summed E-state index contributed by atoms with van der Waals surface area (Å²) in [5, 5.41) is 14.1. The number of aliphatic hydroxyl groups excluding tert-OH is 1. The maximum absolute atomic E-state index is 13.0. The largest absolute Gasteiger partial charge is 0.756 e. The van der Waals surface area contributed by atoms with E-state index < -0.39 is 20.0 Å². The number of phosphoric ester groups is 1. The molecule has 0 saturated heterocycles. The Kier molecular flexibility index (Phi) is 55.9. The lowest BCUT2D eigenvalue weighted by Gasteiger charge is -2.30. The average Bonchev–Trinajstić information content (AvgIpc) is 3.36. The second kappa shape index (κ2) is 56.7. The number of aliphatic hydroxyl groups is 1. The van der Waals surface area contributed by atoms with Crippen molar-refractivity contribution in [3.8, 4) is 0 Å². The quantitative estimate of drug-likeness (QED) is 0.0272. The van der Waals surface area contributed by atoms with E-state index in [2.05, 4.69) is 43.5 Å². The van der Waals surface area contributed by atoms with Gasteiger partial charge in [-0.05, 0) is 44.9 Å². The molecule has 0 aliphatic rings. The molecule has 0 radical (unpaired) electrons. The van der Waals surface area contributed by atoms with Crippen LogP contribution in [0.4, 0.5) is 0 Å². The highest BCUT2D eigenvalue weighted by molar-refractivity contribution is 7.45. The van der Waals surface area contributed by atoms with Gasteiger partial charge in [0.1, 0.15) is 13.2 Å². The van der Waals surface area contributed by atoms with Crippen molar-refractivity contribution >= 4 is 13.7 Å². The molecule has 0 heterocycles. The number of carbonyl (C=O) groups excluding carboxylic acids is 1. The molecule has 2 N–H and O–H groups in total. The molecule has 9 heteroatoms. The van der Waals surface area contributed by atoms with Crippen LogP contribution >= 0.6 is 7.82 Å². The Morgan fingerprint density at radius 1 is 0.473 bits per heavy atom. The van der Waals surface area contributed by atoms with E-state index in [4.69, 9.17) is 9.05 Å².